The fourth-order valence-electron chi connectivity index (χ4n) is 3.10. The summed E-state index contributed by atoms with van der Waals surface area (Å²) in [6.07, 6.45) is -4.30. The third-order valence-corrected chi connectivity index (χ3v) is 4.25. The molecule has 2 atom stereocenters. The Morgan fingerprint density at radius 3 is 2.60 bits per heavy atom. The van der Waals surface area contributed by atoms with Crippen LogP contribution in [0.25, 0.3) is 0 Å². The first-order valence-corrected chi connectivity index (χ1v) is 8.27. The zero-order chi connectivity index (χ0) is 17.9. The fourth-order valence-corrected chi connectivity index (χ4v) is 3.10. The van der Waals surface area contributed by atoms with Crippen molar-refractivity contribution in [1.82, 2.24) is 15.5 Å². The Labute approximate surface area is 143 Å². The summed E-state index contributed by atoms with van der Waals surface area (Å²) in [5.74, 6) is 0.755. The summed E-state index contributed by atoms with van der Waals surface area (Å²) in [7, 11) is 0. The SMILES string of the molecule is CCOc1noc(C2CNCC(c3ccc(CC(F)(F)F)cc3)C2)n1. The average molecular weight is 355 g/mol. The van der Waals surface area contributed by atoms with Crippen LogP contribution in [0.15, 0.2) is 28.8 Å². The summed E-state index contributed by atoms with van der Waals surface area (Å²) < 4.78 is 47.8. The Morgan fingerprint density at radius 2 is 1.92 bits per heavy atom. The second-order valence-electron chi connectivity index (χ2n) is 6.17. The van der Waals surface area contributed by atoms with Gasteiger partial charge in [-0.25, -0.2) is 0 Å². The van der Waals surface area contributed by atoms with Crippen molar-refractivity contribution in [3.05, 3.63) is 41.3 Å². The third-order valence-electron chi connectivity index (χ3n) is 4.25. The Morgan fingerprint density at radius 1 is 1.20 bits per heavy atom. The summed E-state index contributed by atoms with van der Waals surface area (Å²) in [6, 6.07) is 6.87. The quantitative estimate of drug-likeness (QED) is 0.890. The summed E-state index contributed by atoms with van der Waals surface area (Å²) in [5, 5.41) is 7.11. The highest BCUT2D eigenvalue weighted by atomic mass is 19.4. The van der Waals surface area contributed by atoms with Gasteiger partial charge in [-0.15, -0.1) is 0 Å². The normalized spacial score (nSPS) is 21.3. The third kappa shape index (κ3) is 4.72. The lowest BCUT2D eigenvalue weighted by Gasteiger charge is -2.28. The number of hydrogen-bond donors (Lipinski definition) is 1. The number of benzene rings is 1. The lowest BCUT2D eigenvalue weighted by Crippen LogP contribution is -2.34. The van der Waals surface area contributed by atoms with Gasteiger partial charge in [0.1, 0.15) is 0 Å². The average Bonchev–Trinajstić information content (AvgIpc) is 3.03. The Bertz CT molecular complexity index is 685. The van der Waals surface area contributed by atoms with Gasteiger partial charge in [-0.05, 0) is 35.5 Å². The molecule has 1 fully saturated rings. The number of halogens is 3. The van der Waals surface area contributed by atoms with Crippen LogP contribution in [0.5, 0.6) is 6.01 Å². The van der Waals surface area contributed by atoms with E-state index in [2.05, 4.69) is 15.5 Å². The van der Waals surface area contributed by atoms with Crippen LogP contribution in [0.1, 0.15) is 42.2 Å². The van der Waals surface area contributed by atoms with Crippen LogP contribution in [0.4, 0.5) is 13.2 Å². The first-order chi connectivity index (χ1) is 11.9. The van der Waals surface area contributed by atoms with Crippen LogP contribution in [0, 0.1) is 0 Å². The van der Waals surface area contributed by atoms with Crippen LogP contribution < -0.4 is 10.1 Å². The summed E-state index contributed by atoms with van der Waals surface area (Å²) in [6.45, 7) is 3.80. The highest BCUT2D eigenvalue weighted by molar-refractivity contribution is 5.27. The minimum absolute atomic E-state index is 0.0512. The molecule has 8 heteroatoms. The molecule has 5 nitrogen and oxygen atoms in total. The molecule has 2 unspecified atom stereocenters. The Kier molecular flexibility index (Phi) is 5.27. The van der Waals surface area contributed by atoms with Gasteiger partial charge in [0.15, 0.2) is 0 Å². The van der Waals surface area contributed by atoms with Crippen LogP contribution in [0.2, 0.25) is 0 Å². The molecule has 1 aromatic heterocycles. The van der Waals surface area contributed by atoms with Crippen molar-refractivity contribution in [2.45, 2.75) is 37.8 Å². The van der Waals surface area contributed by atoms with Gasteiger partial charge in [-0.2, -0.15) is 18.2 Å². The standard InChI is InChI=1S/C17H20F3N3O2/c1-2-24-16-22-15(25-23-16)14-7-13(9-21-10-14)12-5-3-11(4-6-12)8-17(18,19)20/h3-6,13-14,21H,2,7-10H2,1H3. The van der Waals surface area contributed by atoms with Crippen molar-refractivity contribution in [3.8, 4) is 6.01 Å². The first-order valence-electron chi connectivity index (χ1n) is 8.27. The van der Waals surface area contributed by atoms with Crippen molar-refractivity contribution >= 4 is 0 Å². The second-order valence-corrected chi connectivity index (χ2v) is 6.17. The fraction of sp³-hybridized carbons (Fsp3) is 0.529. The minimum Gasteiger partial charge on any atom is -0.462 e. The smallest absolute Gasteiger partial charge is 0.393 e. The van der Waals surface area contributed by atoms with Crippen LogP contribution >= 0.6 is 0 Å². The summed E-state index contributed by atoms with van der Waals surface area (Å²) in [5.41, 5.74) is 1.28. The lowest BCUT2D eigenvalue weighted by atomic mass is 9.85. The highest BCUT2D eigenvalue weighted by Gasteiger charge is 2.30. The largest absolute Gasteiger partial charge is 0.462 e. The molecule has 0 bridgehead atoms. The summed E-state index contributed by atoms with van der Waals surface area (Å²) >= 11 is 0. The van der Waals surface area contributed by atoms with E-state index in [0.717, 1.165) is 25.1 Å². The van der Waals surface area contributed by atoms with E-state index in [1.165, 1.54) is 0 Å². The Hall–Kier alpha value is -2.09. The molecule has 1 aliphatic heterocycles. The molecule has 0 saturated carbocycles. The molecule has 0 amide bonds. The van der Waals surface area contributed by atoms with E-state index in [0.29, 0.717) is 12.5 Å². The van der Waals surface area contributed by atoms with E-state index in [-0.39, 0.29) is 23.4 Å². The van der Waals surface area contributed by atoms with Crippen molar-refractivity contribution in [2.24, 2.45) is 0 Å². The zero-order valence-electron chi connectivity index (χ0n) is 13.8. The van der Waals surface area contributed by atoms with E-state index >= 15 is 0 Å². The van der Waals surface area contributed by atoms with Crippen molar-refractivity contribution in [3.63, 3.8) is 0 Å². The van der Waals surface area contributed by atoms with E-state index in [1.807, 2.05) is 6.92 Å². The summed E-state index contributed by atoms with van der Waals surface area (Å²) in [4.78, 5) is 4.24. The van der Waals surface area contributed by atoms with Crippen LogP contribution in [0.3, 0.4) is 0 Å². The van der Waals surface area contributed by atoms with Gasteiger partial charge < -0.3 is 14.6 Å². The number of piperidine rings is 1. The molecule has 1 aliphatic rings. The van der Waals surface area contributed by atoms with Crippen molar-refractivity contribution in [2.75, 3.05) is 19.7 Å². The van der Waals surface area contributed by atoms with Crippen molar-refractivity contribution < 1.29 is 22.4 Å². The molecule has 25 heavy (non-hydrogen) atoms. The van der Waals surface area contributed by atoms with Gasteiger partial charge in [-0.1, -0.05) is 24.3 Å². The van der Waals surface area contributed by atoms with E-state index in [1.54, 1.807) is 24.3 Å². The molecular formula is C17H20F3N3O2. The number of ether oxygens (including phenoxy) is 1. The molecular weight excluding hydrogens is 335 g/mol. The number of hydrogen-bond acceptors (Lipinski definition) is 5. The van der Waals surface area contributed by atoms with E-state index < -0.39 is 12.6 Å². The maximum absolute atomic E-state index is 12.4. The van der Waals surface area contributed by atoms with Gasteiger partial charge in [0.25, 0.3) is 0 Å². The first kappa shape index (κ1) is 17.7. The lowest BCUT2D eigenvalue weighted by molar-refractivity contribution is -0.127. The zero-order valence-corrected chi connectivity index (χ0v) is 13.8. The molecule has 0 radical (unpaired) electrons. The van der Waals surface area contributed by atoms with Crippen LogP contribution in [-0.2, 0) is 6.42 Å². The molecule has 3 rings (SSSR count). The monoisotopic (exact) mass is 355 g/mol. The topological polar surface area (TPSA) is 60.2 Å². The van der Waals surface area contributed by atoms with Gasteiger partial charge in [0.2, 0.25) is 5.89 Å². The molecule has 0 spiro atoms. The van der Waals surface area contributed by atoms with Gasteiger partial charge in [0.05, 0.1) is 18.9 Å². The molecule has 1 aromatic carbocycles. The maximum atomic E-state index is 12.4. The predicted molar refractivity (Wildman–Crippen MR) is 84.6 cm³/mol. The molecule has 0 aliphatic carbocycles. The minimum atomic E-state index is -4.19. The highest BCUT2D eigenvalue weighted by Crippen LogP contribution is 2.32. The molecule has 1 N–H and O–H groups in total. The van der Waals surface area contributed by atoms with E-state index in [9.17, 15) is 13.2 Å². The number of nitrogens with zero attached hydrogens (tertiary/aromatic N) is 2. The van der Waals surface area contributed by atoms with Gasteiger partial charge in [0, 0.05) is 13.1 Å². The van der Waals surface area contributed by atoms with E-state index in [4.69, 9.17) is 9.26 Å². The predicted octanol–water partition coefficient (Wildman–Crippen LogP) is 3.43. The number of nitrogens with one attached hydrogen (secondary N) is 1. The number of aromatic nitrogens is 2. The van der Waals surface area contributed by atoms with Crippen LogP contribution in [-0.4, -0.2) is 36.0 Å². The molecule has 2 aromatic rings. The Balaban J connectivity index is 1.66. The van der Waals surface area contributed by atoms with Gasteiger partial charge in [-0.3, -0.25) is 0 Å². The second kappa shape index (κ2) is 7.43. The molecule has 136 valence electrons. The molecule has 2 heterocycles. The number of rotatable bonds is 5. The number of alkyl halides is 3. The van der Waals surface area contributed by atoms with Crippen molar-refractivity contribution in [1.29, 1.82) is 0 Å². The maximum Gasteiger partial charge on any atom is 0.393 e. The molecule has 1 saturated heterocycles. The van der Waals surface area contributed by atoms with Gasteiger partial charge >= 0.3 is 12.2 Å².